The fraction of sp³-hybridized carbons (Fsp3) is 0.500. The summed E-state index contributed by atoms with van der Waals surface area (Å²) in [6, 6.07) is 2.16. The Morgan fingerprint density at radius 3 is 3.14 bits per heavy atom. The molecule has 1 aromatic rings. The van der Waals surface area contributed by atoms with Gasteiger partial charge in [0.2, 0.25) is 5.91 Å². The number of nitrogens with one attached hydrogen (secondary N) is 2. The first-order valence-electron chi connectivity index (χ1n) is 4.88. The van der Waals surface area contributed by atoms with Crippen molar-refractivity contribution in [2.75, 3.05) is 13.1 Å². The first-order valence-corrected chi connectivity index (χ1v) is 5.83. The summed E-state index contributed by atoms with van der Waals surface area (Å²) in [7, 11) is 0. The zero-order valence-corrected chi connectivity index (χ0v) is 8.77. The molecule has 0 unspecified atom stereocenters. The highest BCUT2D eigenvalue weighted by atomic mass is 32.1. The summed E-state index contributed by atoms with van der Waals surface area (Å²) in [4.78, 5) is 11.4. The summed E-state index contributed by atoms with van der Waals surface area (Å²) in [6.07, 6.45) is 1.91. The summed E-state index contributed by atoms with van der Waals surface area (Å²) in [5.74, 6) is 0.145. The van der Waals surface area contributed by atoms with Crippen molar-refractivity contribution in [3.63, 3.8) is 0 Å². The van der Waals surface area contributed by atoms with Crippen molar-refractivity contribution in [2.45, 2.75) is 18.9 Å². The zero-order chi connectivity index (χ0) is 9.80. The van der Waals surface area contributed by atoms with Crippen molar-refractivity contribution in [1.29, 1.82) is 0 Å². The van der Waals surface area contributed by atoms with Crippen LogP contribution in [0.25, 0.3) is 0 Å². The highest BCUT2D eigenvalue weighted by Gasteiger charge is 2.23. The normalized spacial score (nSPS) is 20.1. The molecule has 2 rings (SSSR count). The summed E-state index contributed by atoms with van der Waals surface area (Å²) in [5.41, 5.74) is 1.30. The SMILES string of the molecule is O=C(NCCc1ccsc1)[C@H]1CCN1. The Labute approximate surface area is 87.5 Å². The summed E-state index contributed by atoms with van der Waals surface area (Å²) < 4.78 is 0. The molecule has 14 heavy (non-hydrogen) atoms. The van der Waals surface area contributed by atoms with E-state index in [1.807, 2.05) is 0 Å². The molecule has 0 radical (unpaired) electrons. The van der Waals surface area contributed by atoms with Gasteiger partial charge in [-0.2, -0.15) is 11.3 Å². The maximum atomic E-state index is 11.4. The lowest BCUT2D eigenvalue weighted by molar-refractivity contribution is -0.124. The highest BCUT2D eigenvalue weighted by Crippen LogP contribution is 2.06. The maximum Gasteiger partial charge on any atom is 0.237 e. The van der Waals surface area contributed by atoms with Gasteiger partial charge in [0.25, 0.3) is 0 Å². The van der Waals surface area contributed by atoms with Crippen LogP contribution < -0.4 is 10.6 Å². The van der Waals surface area contributed by atoms with E-state index in [0.717, 1.165) is 25.9 Å². The van der Waals surface area contributed by atoms with Gasteiger partial charge in [-0.1, -0.05) is 0 Å². The lowest BCUT2D eigenvalue weighted by Crippen LogP contribution is -2.53. The van der Waals surface area contributed by atoms with Crippen molar-refractivity contribution in [3.05, 3.63) is 22.4 Å². The zero-order valence-electron chi connectivity index (χ0n) is 7.95. The first kappa shape index (κ1) is 9.68. The van der Waals surface area contributed by atoms with Crippen LogP contribution in [-0.4, -0.2) is 25.0 Å². The second-order valence-corrected chi connectivity index (χ2v) is 4.25. The Morgan fingerprint density at radius 1 is 1.71 bits per heavy atom. The lowest BCUT2D eigenvalue weighted by atomic mass is 10.1. The van der Waals surface area contributed by atoms with Gasteiger partial charge in [-0.05, 0) is 41.8 Å². The molecular weight excluding hydrogens is 196 g/mol. The molecule has 1 aromatic heterocycles. The summed E-state index contributed by atoms with van der Waals surface area (Å²) >= 11 is 1.70. The number of carbonyl (C=O) groups is 1. The average molecular weight is 210 g/mol. The lowest BCUT2D eigenvalue weighted by Gasteiger charge is -2.26. The van der Waals surface area contributed by atoms with E-state index < -0.39 is 0 Å². The molecule has 1 aliphatic heterocycles. The van der Waals surface area contributed by atoms with Gasteiger partial charge >= 0.3 is 0 Å². The van der Waals surface area contributed by atoms with Crippen LogP contribution in [0.1, 0.15) is 12.0 Å². The molecule has 0 saturated carbocycles. The van der Waals surface area contributed by atoms with Crippen molar-refractivity contribution >= 4 is 17.2 Å². The molecule has 0 bridgehead atoms. The van der Waals surface area contributed by atoms with E-state index in [4.69, 9.17) is 0 Å². The van der Waals surface area contributed by atoms with Crippen LogP contribution in [0, 0.1) is 0 Å². The third-order valence-electron chi connectivity index (χ3n) is 2.43. The molecule has 4 heteroatoms. The minimum Gasteiger partial charge on any atom is -0.354 e. The molecule has 0 aliphatic carbocycles. The first-order chi connectivity index (χ1) is 6.86. The van der Waals surface area contributed by atoms with Crippen molar-refractivity contribution in [3.8, 4) is 0 Å². The Morgan fingerprint density at radius 2 is 2.57 bits per heavy atom. The number of rotatable bonds is 4. The molecule has 2 N–H and O–H groups in total. The topological polar surface area (TPSA) is 41.1 Å². The second kappa shape index (κ2) is 4.57. The van der Waals surface area contributed by atoms with Crippen LogP contribution in [0.15, 0.2) is 16.8 Å². The Bertz CT molecular complexity index is 293. The smallest absolute Gasteiger partial charge is 0.237 e. The minimum absolute atomic E-state index is 0.0671. The van der Waals surface area contributed by atoms with Gasteiger partial charge < -0.3 is 10.6 Å². The van der Waals surface area contributed by atoms with E-state index in [1.54, 1.807) is 11.3 Å². The Hall–Kier alpha value is -0.870. The predicted molar refractivity (Wildman–Crippen MR) is 57.4 cm³/mol. The molecule has 1 aliphatic rings. The van der Waals surface area contributed by atoms with Gasteiger partial charge in [0, 0.05) is 6.54 Å². The number of hydrogen-bond acceptors (Lipinski definition) is 3. The van der Waals surface area contributed by atoms with Gasteiger partial charge in [-0.3, -0.25) is 4.79 Å². The van der Waals surface area contributed by atoms with Crippen molar-refractivity contribution in [1.82, 2.24) is 10.6 Å². The highest BCUT2D eigenvalue weighted by molar-refractivity contribution is 7.07. The average Bonchev–Trinajstić information content (AvgIpc) is 2.53. The molecule has 1 fully saturated rings. The maximum absolute atomic E-state index is 11.4. The van der Waals surface area contributed by atoms with Crippen LogP contribution in [0.3, 0.4) is 0 Å². The van der Waals surface area contributed by atoms with Gasteiger partial charge in [0.1, 0.15) is 0 Å². The van der Waals surface area contributed by atoms with Gasteiger partial charge in [0.15, 0.2) is 0 Å². The third-order valence-corrected chi connectivity index (χ3v) is 3.17. The molecule has 3 nitrogen and oxygen atoms in total. The molecular formula is C10H14N2OS. The van der Waals surface area contributed by atoms with Gasteiger partial charge in [-0.15, -0.1) is 0 Å². The number of thiophene rings is 1. The third kappa shape index (κ3) is 2.33. The molecule has 0 spiro atoms. The van der Waals surface area contributed by atoms with Gasteiger partial charge in [0.05, 0.1) is 6.04 Å². The predicted octanol–water partition coefficient (Wildman–Crippen LogP) is 0.769. The largest absolute Gasteiger partial charge is 0.354 e. The molecule has 0 aromatic carbocycles. The number of carbonyl (C=O) groups excluding carboxylic acids is 1. The number of amides is 1. The van der Waals surface area contributed by atoms with E-state index in [1.165, 1.54) is 5.56 Å². The van der Waals surface area contributed by atoms with E-state index >= 15 is 0 Å². The second-order valence-electron chi connectivity index (χ2n) is 3.47. The monoisotopic (exact) mass is 210 g/mol. The standard InChI is InChI=1S/C10H14N2OS/c13-10(9-2-5-11-9)12-4-1-8-3-6-14-7-8/h3,6-7,9,11H,1-2,4-5H2,(H,12,13)/t9-/m1/s1. The Kier molecular flexibility index (Phi) is 3.16. The van der Waals surface area contributed by atoms with Gasteiger partial charge in [-0.25, -0.2) is 0 Å². The van der Waals surface area contributed by atoms with Crippen molar-refractivity contribution < 1.29 is 4.79 Å². The molecule has 2 heterocycles. The number of hydrogen-bond donors (Lipinski definition) is 2. The van der Waals surface area contributed by atoms with Crippen LogP contribution in [0.2, 0.25) is 0 Å². The van der Waals surface area contributed by atoms with E-state index in [-0.39, 0.29) is 11.9 Å². The van der Waals surface area contributed by atoms with E-state index in [0.29, 0.717) is 0 Å². The molecule has 76 valence electrons. The van der Waals surface area contributed by atoms with Crippen LogP contribution in [-0.2, 0) is 11.2 Å². The van der Waals surface area contributed by atoms with E-state index in [9.17, 15) is 4.79 Å². The summed E-state index contributed by atoms with van der Waals surface area (Å²) in [5, 5.41) is 10.2. The fourth-order valence-electron chi connectivity index (χ4n) is 1.40. The fourth-order valence-corrected chi connectivity index (χ4v) is 2.10. The quantitative estimate of drug-likeness (QED) is 0.770. The minimum atomic E-state index is 0.0671. The molecule has 1 amide bonds. The summed E-state index contributed by atoms with van der Waals surface area (Å²) in [6.45, 7) is 1.72. The van der Waals surface area contributed by atoms with E-state index in [2.05, 4.69) is 27.5 Å². The van der Waals surface area contributed by atoms with Crippen LogP contribution in [0.4, 0.5) is 0 Å². The molecule has 1 saturated heterocycles. The molecule has 1 atom stereocenters. The van der Waals surface area contributed by atoms with Crippen molar-refractivity contribution in [2.24, 2.45) is 0 Å². The van der Waals surface area contributed by atoms with Crippen LogP contribution in [0.5, 0.6) is 0 Å². The Balaban J connectivity index is 1.65. The van der Waals surface area contributed by atoms with Crippen LogP contribution >= 0.6 is 11.3 Å².